The zero-order chi connectivity index (χ0) is 19.5. The van der Waals surface area contributed by atoms with Gasteiger partial charge in [0.2, 0.25) is 0 Å². The number of piperazine rings is 1. The summed E-state index contributed by atoms with van der Waals surface area (Å²) in [6, 6.07) is 13.1. The van der Waals surface area contributed by atoms with Gasteiger partial charge in [-0.2, -0.15) is 5.10 Å². The van der Waals surface area contributed by atoms with Crippen LogP contribution < -0.4 is 15.0 Å². The number of carbonyl (C=O) groups excluding carboxylic acids is 2. The van der Waals surface area contributed by atoms with Gasteiger partial charge in [-0.15, -0.1) is 0 Å². The molecule has 1 saturated heterocycles. The molecule has 1 aromatic heterocycles. The summed E-state index contributed by atoms with van der Waals surface area (Å²) in [5, 5.41) is 10.4. The molecule has 2 N–H and O–H groups in total. The second-order valence-corrected chi connectivity index (χ2v) is 6.58. The fourth-order valence-corrected chi connectivity index (χ4v) is 3.38. The number of amides is 2. The summed E-state index contributed by atoms with van der Waals surface area (Å²) >= 11 is 0. The number of nitrogens with one attached hydrogen (secondary N) is 2. The number of aromatic nitrogens is 2. The van der Waals surface area contributed by atoms with Crippen molar-refractivity contribution < 1.29 is 14.3 Å². The van der Waals surface area contributed by atoms with Crippen LogP contribution in [0.5, 0.6) is 5.75 Å². The van der Waals surface area contributed by atoms with Gasteiger partial charge in [-0.25, -0.2) is 0 Å². The number of anilines is 2. The number of aromatic amines is 1. The molecule has 1 aliphatic heterocycles. The Morgan fingerprint density at radius 3 is 2.68 bits per heavy atom. The second-order valence-electron chi connectivity index (χ2n) is 6.58. The SMILES string of the molecule is COc1ccccc1N1CCN(C(=O)C(=O)Nc2ccc3cn[nH]c3c2)CC1. The van der Waals surface area contributed by atoms with Gasteiger partial charge < -0.3 is 19.9 Å². The highest BCUT2D eigenvalue weighted by molar-refractivity contribution is 6.39. The van der Waals surface area contributed by atoms with Crippen molar-refractivity contribution in [3.8, 4) is 5.75 Å². The standard InChI is InChI=1S/C20H21N5O3/c1-28-18-5-3-2-4-17(18)24-8-10-25(11-9-24)20(27)19(26)22-15-7-6-14-13-21-23-16(14)12-15/h2-7,12-13H,8-11H2,1H3,(H,21,23)(H,22,26). The zero-order valence-electron chi connectivity index (χ0n) is 15.5. The van der Waals surface area contributed by atoms with Gasteiger partial charge in [0.25, 0.3) is 0 Å². The molecule has 0 unspecified atom stereocenters. The Morgan fingerprint density at radius 1 is 1.11 bits per heavy atom. The highest BCUT2D eigenvalue weighted by Crippen LogP contribution is 2.28. The van der Waals surface area contributed by atoms with E-state index in [9.17, 15) is 9.59 Å². The van der Waals surface area contributed by atoms with E-state index in [0.29, 0.717) is 31.9 Å². The number of rotatable bonds is 3. The third-order valence-corrected chi connectivity index (χ3v) is 4.89. The van der Waals surface area contributed by atoms with E-state index in [1.807, 2.05) is 30.3 Å². The van der Waals surface area contributed by atoms with Crippen LogP contribution in [0.4, 0.5) is 11.4 Å². The number of fused-ring (bicyclic) bond motifs is 1. The smallest absolute Gasteiger partial charge is 0.313 e. The summed E-state index contributed by atoms with van der Waals surface area (Å²) in [6.45, 7) is 2.23. The molecule has 0 radical (unpaired) electrons. The Labute approximate surface area is 162 Å². The van der Waals surface area contributed by atoms with Gasteiger partial charge in [0, 0.05) is 37.3 Å². The van der Waals surface area contributed by atoms with Crippen molar-refractivity contribution in [2.75, 3.05) is 43.5 Å². The first kappa shape index (κ1) is 17.8. The minimum Gasteiger partial charge on any atom is -0.495 e. The maximum absolute atomic E-state index is 12.5. The molecule has 0 atom stereocenters. The molecular formula is C20H21N5O3. The van der Waals surface area contributed by atoms with Crippen LogP contribution in [-0.4, -0.2) is 60.2 Å². The molecular weight excluding hydrogens is 358 g/mol. The number of hydrogen-bond donors (Lipinski definition) is 2. The molecule has 1 aliphatic rings. The number of para-hydroxylation sites is 2. The average Bonchev–Trinajstić information content (AvgIpc) is 3.21. The van der Waals surface area contributed by atoms with Crippen molar-refractivity contribution in [3.63, 3.8) is 0 Å². The van der Waals surface area contributed by atoms with Crippen LogP contribution in [0.1, 0.15) is 0 Å². The van der Waals surface area contributed by atoms with Crippen molar-refractivity contribution in [2.24, 2.45) is 0 Å². The highest BCUT2D eigenvalue weighted by atomic mass is 16.5. The van der Waals surface area contributed by atoms with E-state index >= 15 is 0 Å². The van der Waals surface area contributed by atoms with Crippen LogP contribution in [0, 0.1) is 0 Å². The van der Waals surface area contributed by atoms with Crippen molar-refractivity contribution in [2.45, 2.75) is 0 Å². The molecule has 1 fully saturated rings. The van der Waals surface area contributed by atoms with E-state index in [2.05, 4.69) is 20.4 Å². The number of benzene rings is 2. The van der Waals surface area contributed by atoms with Crippen LogP contribution in [0.3, 0.4) is 0 Å². The maximum atomic E-state index is 12.5. The minimum absolute atomic E-state index is 0.476. The zero-order valence-corrected chi connectivity index (χ0v) is 15.5. The quantitative estimate of drug-likeness (QED) is 0.678. The second kappa shape index (κ2) is 7.59. The summed E-state index contributed by atoms with van der Waals surface area (Å²) in [5.41, 5.74) is 2.35. The lowest BCUT2D eigenvalue weighted by molar-refractivity contribution is -0.143. The highest BCUT2D eigenvalue weighted by Gasteiger charge is 2.27. The number of methoxy groups -OCH3 is 1. The monoisotopic (exact) mass is 379 g/mol. The molecule has 8 heteroatoms. The van der Waals surface area contributed by atoms with Gasteiger partial charge in [0.05, 0.1) is 24.5 Å². The number of nitrogens with zero attached hydrogens (tertiary/aromatic N) is 3. The fourth-order valence-electron chi connectivity index (χ4n) is 3.38. The molecule has 0 saturated carbocycles. The fraction of sp³-hybridized carbons (Fsp3) is 0.250. The van der Waals surface area contributed by atoms with E-state index in [4.69, 9.17) is 4.74 Å². The summed E-state index contributed by atoms with van der Waals surface area (Å²) in [5.74, 6) is -0.358. The van der Waals surface area contributed by atoms with Crippen LogP contribution in [0.15, 0.2) is 48.7 Å². The van der Waals surface area contributed by atoms with Crippen molar-refractivity contribution in [1.82, 2.24) is 15.1 Å². The summed E-state index contributed by atoms with van der Waals surface area (Å²) in [6.07, 6.45) is 1.70. The molecule has 0 aliphatic carbocycles. The Kier molecular flexibility index (Phi) is 4.84. The van der Waals surface area contributed by atoms with E-state index in [-0.39, 0.29) is 0 Å². The van der Waals surface area contributed by atoms with Gasteiger partial charge in [0.15, 0.2) is 0 Å². The first-order valence-corrected chi connectivity index (χ1v) is 9.07. The average molecular weight is 379 g/mol. The molecule has 8 nitrogen and oxygen atoms in total. The number of hydrogen-bond acceptors (Lipinski definition) is 5. The summed E-state index contributed by atoms with van der Waals surface area (Å²) < 4.78 is 5.41. The molecule has 2 amide bonds. The third kappa shape index (κ3) is 3.48. The first-order valence-electron chi connectivity index (χ1n) is 9.07. The first-order chi connectivity index (χ1) is 13.7. The van der Waals surface area contributed by atoms with Gasteiger partial charge >= 0.3 is 11.8 Å². The predicted molar refractivity (Wildman–Crippen MR) is 107 cm³/mol. The molecule has 0 bridgehead atoms. The molecule has 2 heterocycles. The Hall–Kier alpha value is -3.55. The number of carbonyl (C=O) groups is 2. The molecule has 144 valence electrons. The van der Waals surface area contributed by atoms with Crippen LogP contribution in [-0.2, 0) is 9.59 Å². The van der Waals surface area contributed by atoms with Crippen molar-refractivity contribution >= 4 is 34.1 Å². The normalized spacial score (nSPS) is 14.2. The van der Waals surface area contributed by atoms with E-state index in [1.54, 1.807) is 30.3 Å². The Balaban J connectivity index is 1.37. The Morgan fingerprint density at radius 2 is 1.89 bits per heavy atom. The van der Waals surface area contributed by atoms with Gasteiger partial charge in [-0.05, 0) is 30.3 Å². The summed E-state index contributed by atoms with van der Waals surface area (Å²) in [7, 11) is 1.64. The molecule has 4 rings (SSSR count). The molecule has 2 aromatic carbocycles. The van der Waals surface area contributed by atoms with Gasteiger partial charge in [-0.3, -0.25) is 14.7 Å². The number of H-pyrrole nitrogens is 1. The third-order valence-electron chi connectivity index (χ3n) is 4.89. The van der Waals surface area contributed by atoms with Gasteiger partial charge in [-0.1, -0.05) is 12.1 Å². The summed E-state index contributed by atoms with van der Waals surface area (Å²) in [4.78, 5) is 28.6. The lowest BCUT2D eigenvalue weighted by Gasteiger charge is -2.36. The van der Waals surface area contributed by atoms with E-state index in [1.165, 1.54) is 0 Å². The molecule has 0 spiro atoms. The van der Waals surface area contributed by atoms with Crippen molar-refractivity contribution in [1.29, 1.82) is 0 Å². The predicted octanol–water partition coefficient (Wildman–Crippen LogP) is 1.86. The maximum Gasteiger partial charge on any atom is 0.313 e. The van der Waals surface area contributed by atoms with Crippen LogP contribution in [0.2, 0.25) is 0 Å². The Bertz CT molecular complexity index is 1010. The molecule has 28 heavy (non-hydrogen) atoms. The lowest BCUT2D eigenvalue weighted by Crippen LogP contribution is -2.51. The van der Waals surface area contributed by atoms with E-state index < -0.39 is 11.8 Å². The topological polar surface area (TPSA) is 90.6 Å². The van der Waals surface area contributed by atoms with Crippen molar-refractivity contribution in [3.05, 3.63) is 48.7 Å². The van der Waals surface area contributed by atoms with E-state index in [0.717, 1.165) is 22.3 Å². The minimum atomic E-state index is -0.635. The molecule has 3 aromatic rings. The van der Waals surface area contributed by atoms with Crippen LogP contribution in [0.25, 0.3) is 10.9 Å². The largest absolute Gasteiger partial charge is 0.495 e. The van der Waals surface area contributed by atoms with Gasteiger partial charge in [0.1, 0.15) is 5.75 Å². The lowest BCUT2D eigenvalue weighted by atomic mass is 10.2. The number of ether oxygens (including phenoxy) is 1. The van der Waals surface area contributed by atoms with Crippen LogP contribution >= 0.6 is 0 Å².